The largest absolute Gasteiger partial charge is 0.573 e. The number of carbonyl (C=O) groups excluding carboxylic acids is 1. The summed E-state index contributed by atoms with van der Waals surface area (Å²) in [6.07, 6.45) is -3.15. The highest BCUT2D eigenvalue weighted by Gasteiger charge is 2.32. The van der Waals surface area contributed by atoms with Crippen LogP contribution in [-0.2, 0) is 19.6 Å². The summed E-state index contributed by atoms with van der Waals surface area (Å²) in [4.78, 5) is 21.5. The predicted octanol–water partition coefficient (Wildman–Crippen LogP) is 4.33. The van der Waals surface area contributed by atoms with E-state index in [0.717, 1.165) is 54.9 Å². The first-order valence-corrected chi connectivity index (χ1v) is 13.1. The average molecular weight is 552 g/mol. The smallest absolute Gasteiger partial charge is 0.406 e. The number of nitrogens with zero attached hydrogens (tertiary/aromatic N) is 4. The zero-order chi connectivity index (χ0) is 27.3. The van der Waals surface area contributed by atoms with E-state index in [1.54, 1.807) is 11.2 Å². The minimum Gasteiger partial charge on any atom is -0.406 e. The summed E-state index contributed by atoms with van der Waals surface area (Å²) in [5.74, 6) is 0.612. The number of aryl methyl sites for hydroxylation is 1. The van der Waals surface area contributed by atoms with Crippen molar-refractivity contribution in [3.8, 4) is 17.2 Å². The van der Waals surface area contributed by atoms with Crippen LogP contribution in [0.25, 0.3) is 11.5 Å². The third-order valence-corrected chi connectivity index (χ3v) is 6.10. The normalized spacial score (nSPS) is 15.7. The molecule has 1 fully saturated rings. The van der Waals surface area contributed by atoms with Gasteiger partial charge in [0.15, 0.2) is 5.82 Å². The number of benzene rings is 2. The predicted molar refractivity (Wildman–Crippen MR) is 135 cm³/mol. The van der Waals surface area contributed by atoms with E-state index >= 15 is 0 Å². The van der Waals surface area contributed by atoms with Gasteiger partial charge in [0.25, 0.3) is 11.8 Å². The van der Waals surface area contributed by atoms with Crippen molar-refractivity contribution in [1.29, 1.82) is 0 Å². The van der Waals surface area contributed by atoms with Crippen molar-refractivity contribution in [3.05, 3.63) is 64.5 Å². The topological polar surface area (TPSA) is 104 Å². The maximum absolute atomic E-state index is 13.0. The summed E-state index contributed by atoms with van der Waals surface area (Å²) in [6.45, 7) is 6.86. The molecule has 5 rings (SSSR count). The van der Waals surface area contributed by atoms with Crippen LogP contribution in [0.2, 0.25) is 0 Å². The van der Waals surface area contributed by atoms with E-state index in [0.29, 0.717) is 35.9 Å². The van der Waals surface area contributed by atoms with Gasteiger partial charge in [0.2, 0.25) is 0 Å². The van der Waals surface area contributed by atoms with Crippen LogP contribution in [0.4, 0.5) is 13.2 Å². The van der Waals surface area contributed by atoms with Crippen LogP contribution in [-0.4, -0.2) is 69.2 Å². The average Bonchev–Trinajstić information content (AvgIpc) is 3.45. The second-order valence-electron chi connectivity index (χ2n) is 8.90. The van der Waals surface area contributed by atoms with E-state index in [-0.39, 0.29) is 18.2 Å². The van der Waals surface area contributed by atoms with Crippen LogP contribution in [0.3, 0.4) is 0 Å². The highest BCUT2D eigenvalue weighted by molar-refractivity contribution is 7.93. The highest BCUT2D eigenvalue weighted by atomic mass is 32.2. The lowest BCUT2D eigenvalue weighted by atomic mass is 10.0. The van der Waals surface area contributed by atoms with E-state index in [1.165, 1.54) is 24.3 Å². The van der Waals surface area contributed by atoms with Crippen molar-refractivity contribution in [2.45, 2.75) is 32.9 Å². The van der Waals surface area contributed by atoms with Crippen LogP contribution in [0.5, 0.6) is 5.75 Å². The van der Waals surface area contributed by atoms with Gasteiger partial charge in [-0.1, -0.05) is 17.3 Å². The number of halogens is 3. The molecule has 13 heteroatoms. The van der Waals surface area contributed by atoms with Gasteiger partial charge in [-0.25, -0.2) is 0 Å². The lowest BCUT2D eigenvalue weighted by molar-refractivity contribution is -0.274. The van der Waals surface area contributed by atoms with Crippen molar-refractivity contribution in [3.63, 3.8) is 0 Å². The number of fused-ring (bicyclic) bond motifs is 1. The Hall–Kier alpha value is -3.13. The van der Waals surface area contributed by atoms with Crippen LogP contribution in [0.1, 0.15) is 32.9 Å². The number of ether oxygens (including phenoxy) is 1. The maximum Gasteiger partial charge on any atom is 0.573 e. The molecule has 2 aliphatic heterocycles. The van der Waals surface area contributed by atoms with Gasteiger partial charge in [-0.3, -0.25) is 9.69 Å². The van der Waals surface area contributed by atoms with Gasteiger partial charge < -0.3 is 24.0 Å². The van der Waals surface area contributed by atoms with Crippen molar-refractivity contribution in [2.24, 2.45) is 0 Å². The Kier molecular flexibility index (Phi) is 8.92. The molecule has 204 valence electrons. The third kappa shape index (κ3) is 7.04. The SMILES string of the molecule is CSO.Cc1cc(-c2nc(CN3CCNCC3)no2)cc2c1C(=O)N(Cc1ccc(OC(F)(F)F)cc1)C2. The molecular weight excluding hydrogens is 523 g/mol. The molecule has 0 spiro atoms. The summed E-state index contributed by atoms with van der Waals surface area (Å²) >= 11 is 0.750. The first-order valence-electron chi connectivity index (χ1n) is 11.9. The Bertz CT molecular complexity index is 1250. The number of piperazine rings is 1. The highest BCUT2D eigenvalue weighted by Crippen LogP contribution is 2.32. The molecule has 1 amide bonds. The van der Waals surface area contributed by atoms with Crippen LogP contribution in [0.15, 0.2) is 40.9 Å². The second-order valence-corrected chi connectivity index (χ2v) is 9.27. The number of carbonyl (C=O) groups is 1. The van der Waals surface area contributed by atoms with E-state index in [2.05, 4.69) is 25.1 Å². The Labute approximate surface area is 222 Å². The zero-order valence-electron chi connectivity index (χ0n) is 20.9. The molecule has 1 saturated heterocycles. The van der Waals surface area contributed by atoms with E-state index in [4.69, 9.17) is 9.08 Å². The van der Waals surface area contributed by atoms with Crippen LogP contribution < -0.4 is 10.1 Å². The molecule has 0 bridgehead atoms. The Morgan fingerprint density at radius 3 is 2.50 bits per heavy atom. The molecule has 0 radical (unpaired) electrons. The maximum atomic E-state index is 13.0. The van der Waals surface area contributed by atoms with Gasteiger partial charge in [-0.05, 0) is 59.9 Å². The molecule has 3 aromatic rings. The van der Waals surface area contributed by atoms with Crippen molar-refractivity contribution in [1.82, 2.24) is 25.3 Å². The lowest BCUT2D eigenvalue weighted by Gasteiger charge is -2.25. The number of rotatable bonds is 6. The van der Waals surface area contributed by atoms with Gasteiger partial charge in [-0.15, -0.1) is 13.2 Å². The fourth-order valence-corrected chi connectivity index (χ4v) is 4.50. The summed E-state index contributed by atoms with van der Waals surface area (Å²) in [6, 6.07) is 9.29. The number of hydrogen-bond acceptors (Lipinski definition) is 9. The molecule has 0 aliphatic carbocycles. The number of hydrogen-bond donors (Lipinski definition) is 2. The molecule has 0 atom stereocenters. The quantitative estimate of drug-likeness (QED) is 0.434. The summed E-state index contributed by atoms with van der Waals surface area (Å²) in [5, 5.41) is 7.43. The van der Waals surface area contributed by atoms with Crippen molar-refractivity contribution < 1.29 is 31.8 Å². The molecule has 1 aromatic heterocycles. The Morgan fingerprint density at radius 1 is 1.16 bits per heavy atom. The minimum atomic E-state index is -4.74. The van der Waals surface area contributed by atoms with Crippen molar-refractivity contribution >= 4 is 17.9 Å². The number of alkyl halides is 3. The van der Waals surface area contributed by atoms with E-state index in [1.807, 2.05) is 19.1 Å². The van der Waals surface area contributed by atoms with Gasteiger partial charge in [-0.2, -0.15) is 4.98 Å². The molecule has 0 unspecified atom stereocenters. The fourth-order valence-electron chi connectivity index (χ4n) is 4.50. The minimum absolute atomic E-state index is 0.121. The number of aromatic nitrogens is 2. The molecule has 2 aliphatic rings. The molecular formula is C25H28F3N5O4S. The van der Waals surface area contributed by atoms with Crippen molar-refractivity contribution in [2.75, 3.05) is 32.4 Å². The molecule has 2 aromatic carbocycles. The van der Waals surface area contributed by atoms with Gasteiger partial charge in [0.1, 0.15) is 5.75 Å². The summed E-state index contributed by atoms with van der Waals surface area (Å²) in [5.41, 5.74) is 3.74. The molecule has 9 nitrogen and oxygen atoms in total. The first kappa shape index (κ1) is 27.9. The zero-order valence-corrected chi connectivity index (χ0v) is 21.7. The van der Waals surface area contributed by atoms with E-state index < -0.39 is 6.36 Å². The van der Waals surface area contributed by atoms with Crippen LogP contribution >= 0.6 is 12.0 Å². The van der Waals surface area contributed by atoms with Gasteiger partial charge in [0, 0.05) is 56.7 Å². The Balaban J connectivity index is 0.00000107. The van der Waals surface area contributed by atoms with Gasteiger partial charge in [0.05, 0.1) is 6.54 Å². The van der Waals surface area contributed by atoms with E-state index in [9.17, 15) is 18.0 Å². The third-order valence-electron chi connectivity index (χ3n) is 6.10. The molecule has 2 N–H and O–H groups in total. The number of nitrogens with one attached hydrogen (secondary N) is 1. The van der Waals surface area contributed by atoms with Crippen LogP contribution in [0, 0.1) is 6.92 Å². The fraction of sp³-hybridized carbons (Fsp3) is 0.400. The van der Waals surface area contributed by atoms with Gasteiger partial charge >= 0.3 is 6.36 Å². The molecule has 0 saturated carbocycles. The lowest BCUT2D eigenvalue weighted by Crippen LogP contribution is -2.43. The first-order chi connectivity index (χ1) is 18.2. The molecule has 38 heavy (non-hydrogen) atoms. The summed E-state index contributed by atoms with van der Waals surface area (Å²) < 4.78 is 54.0. The Morgan fingerprint density at radius 2 is 1.84 bits per heavy atom. The molecule has 3 heterocycles. The summed E-state index contributed by atoms with van der Waals surface area (Å²) in [7, 11) is 0. The standard InChI is InChI=1S/C24H24F3N5O3.CH4OS/c1-15-10-17(22-29-20(30-35-22)14-31-8-6-28-7-9-31)11-18-13-32(23(33)21(15)18)12-16-2-4-19(5-3-16)34-24(25,26)27;1-3-2/h2-5,10-11,28H,6-9,12-14H2,1H3;2H,1H3. The monoisotopic (exact) mass is 551 g/mol. The number of amides is 1. The second kappa shape index (κ2) is 12.2.